The Morgan fingerprint density at radius 3 is 2.38 bits per heavy atom. The Labute approximate surface area is 80.4 Å². The van der Waals surface area contributed by atoms with Gasteiger partial charge in [0.25, 0.3) is 0 Å². The van der Waals surface area contributed by atoms with E-state index in [0.717, 1.165) is 19.4 Å². The molecule has 4 heteroatoms. The maximum Gasteiger partial charge on any atom is 0.144 e. The SMILES string of the molecule is CN(C)CCCC(C)(C)C(N)=NO. The molecule has 0 aliphatic heterocycles. The summed E-state index contributed by atoms with van der Waals surface area (Å²) in [6.07, 6.45) is 1.98. The first-order chi connectivity index (χ1) is 5.90. The van der Waals surface area contributed by atoms with Crippen LogP contribution in [0.3, 0.4) is 0 Å². The first kappa shape index (κ1) is 12.2. The van der Waals surface area contributed by atoms with Gasteiger partial charge in [0.2, 0.25) is 0 Å². The van der Waals surface area contributed by atoms with Crippen molar-refractivity contribution in [3.63, 3.8) is 0 Å². The van der Waals surface area contributed by atoms with E-state index in [1.807, 2.05) is 27.9 Å². The minimum Gasteiger partial charge on any atom is -0.409 e. The Hall–Kier alpha value is -0.770. The standard InChI is InChI=1S/C9H21N3O/c1-9(2,8(10)11-13)6-5-7-12(3)4/h13H,5-7H2,1-4H3,(H2,10,11). The smallest absolute Gasteiger partial charge is 0.144 e. The van der Waals surface area contributed by atoms with E-state index in [1.54, 1.807) is 0 Å². The van der Waals surface area contributed by atoms with E-state index >= 15 is 0 Å². The minimum atomic E-state index is -0.204. The van der Waals surface area contributed by atoms with E-state index in [9.17, 15) is 0 Å². The summed E-state index contributed by atoms with van der Waals surface area (Å²) in [4.78, 5) is 2.13. The van der Waals surface area contributed by atoms with Crippen LogP contribution in [0.1, 0.15) is 26.7 Å². The molecule has 0 aliphatic rings. The van der Waals surface area contributed by atoms with Crippen molar-refractivity contribution in [3.8, 4) is 0 Å². The molecule has 0 rings (SSSR count). The molecule has 0 amide bonds. The van der Waals surface area contributed by atoms with Crippen LogP contribution in [0.2, 0.25) is 0 Å². The topological polar surface area (TPSA) is 61.8 Å². The lowest BCUT2D eigenvalue weighted by molar-refractivity contribution is 0.300. The Bertz CT molecular complexity index is 176. The lowest BCUT2D eigenvalue weighted by Crippen LogP contribution is -2.32. The highest BCUT2D eigenvalue weighted by molar-refractivity contribution is 5.85. The van der Waals surface area contributed by atoms with E-state index in [-0.39, 0.29) is 5.41 Å². The zero-order valence-electron chi connectivity index (χ0n) is 9.04. The van der Waals surface area contributed by atoms with Crippen LogP contribution in [-0.4, -0.2) is 36.6 Å². The second-order valence-electron chi connectivity index (χ2n) is 4.28. The summed E-state index contributed by atoms with van der Waals surface area (Å²) in [7, 11) is 4.08. The molecule has 78 valence electrons. The number of nitrogens with two attached hydrogens (primary N) is 1. The van der Waals surface area contributed by atoms with Gasteiger partial charge in [-0.2, -0.15) is 0 Å². The molecule has 0 saturated carbocycles. The molecule has 0 aromatic heterocycles. The van der Waals surface area contributed by atoms with Gasteiger partial charge in [-0.05, 0) is 33.5 Å². The van der Waals surface area contributed by atoms with Gasteiger partial charge in [0, 0.05) is 5.41 Å². The lowest BCUT2D eigenvalue weighted by Gasteiger charge is -2.23. The molecule has 0 aromatic carbocycles. The zero-order chi connectivity index (χ0) is 10.5. The predicted octanol–water partition coefficient (Wildman–Crippen LogP) is 1.10. The number of rotatable bonds is 5. The fraction of sp³-hybridized carbons (Fsp3) is 0.889. The quantitative estimate of drug-likeness (QED) is 0.293. The van der Waals surface area contributed by atoms with Gasteiger partial charge in [0.15, 0.2) is 0 Å². The number of nitrogens with zero attached hydrogens (tertiary/aromatic N) is 2. The molecule has 0 spiro atoms. The molecule has 4 nitrogen and oxygen atoms in total. The molecule has 0 aliphatic carbocycles. The first-order valence-corrected chi connectivity index (χ1v) is 4.53. The molecule has 3 N–H and O–H groups in total. The predicted molar refractivity (Wildman–Crippen MR) is 55.0 cm³/mol. The average Bonchev–Trinajstić information content (AvgIpc) is 2.01. The molecule has 0 fully saturated rings. The van der Waals surface area contributed by atoms with Crippen molar-refractivity contribution in [3.05, 3.63) is 0 Å². The molecular formula is C9H21N3O. The molecule has 0 saturated heterocycles. The highest BCUT2D eigenvalue weighted by Crippen LogP contribution is 2.22. The molecule has 0 heterocycles. The maximum atomic E-state index is 8.53. The van der Waals surface area contributed by atoms with Gasteiger partial charge < -0.3 is 15.8 Å². The van der Waals surface area contributed by atoms with Crippen molar-refractivity contribution >= 4 is 5.84 Å². The van der Waals surface area contributed by atoms with E-state index in [2.05, 4.69) is 10.1 Å². The minimum absolute atomic E-state index is 0.204. The van der Waals surface area contributed by atoms with Gasteiger partial charge in [-0.15, -0.1) is 0 Å². The van der Waals surface area contributed by atoms with Gasteiger partial charge >= 0.3 is 0 Å². The molecule has 13 heavy (non-hydrogen) atoms. The fourth-order valence-electron chi connectivity index (χ4n) is 1.10. The van der Waals surface area contributed by atoms with E-state index in [0.29, 0.717) is 5.84 Å². The van der Waals surface area contributed by atoms with Crippen LogP contribution in [0.5, 0.6) is 0 Å². The van der Waals surface area contributed by atoms with E-state index < -0.39 is 0 Å². The van der Waals surface area contributed by atoms with E-state index in [1.165, 1.54) is 0 Å². The van der Waals surface area contributed by atoms with Crippen molar-refractivity contribution in [2.24, 2.45) is 16.3 Å². The number of amidine groups is 1. The largest absolute Gasteiger partial charge is 0.409 e. The summed E-state index contributed by atoms with van der Waals surface area (Å²) in [6, 6.07) is 0. The molecule has 0 aromatic rings. The Morgan fingerprint density at radius 2 is 2.00 bits per heavy atom. The number of hydrogen-bond donors (Lipinski definition) is 2. The molecule has 0 unspecified atom stereocenters. The maximum absolute atomic E-state index is 8.53. The number of hydrogen-bond acceptors (Lipinski definition) is 3. The third kappa shape index (κ3) is 4.72. The second-order valence-corrected chi connectivity index (χ2v) is 4.28. The van der Waals surface area contributed by atoms with Crippen LogP contribution in [0.25, 0.3) is 0 Å². The van der Waals surface area contributed by atoms with Gasteiger partial charge in [-0.1, -0.05) is 19.0 Å². The zero-order valence-corrected chi connectivity index (χ0v) is 9.04. The summed E-state index contributed by atoms with van der Waals surface area (Å²) in [5.74, 6) is 0.311. The fourth-order valence-corrected chi connectivity index (χ4v) is 1.10. The van der Waals surface area contributed by atoms with Crippen LogP contribution in [0.4, 0.5) is 0 Å². The highest BCUT2D eigenvalue weighted by Gasteiger charge is 2.22. The summed E-state index contributed by atoms with van der Waals surface area (Å²) in [6.45, 7) is 5.00. The average molecular weight is 187 g/mol. The molecule has 0 radical (unpaired) electrons. The van der Waals surface area contributed by atoms with Crippen molar-refractivity contribution in [1.82, 2.24) is 4.90 Å². The summed E-state index contributed by atoms with van der Waals surface area (Å²) < 4.78 is 0. The van der Waals surface area contributed by atoms with Crippen LogP contribution >= 0.6 is 0 Å². The normalized spacial score (nSPS) is 13.8. The van der Waals surface area contributed by atoms with Crippen LogP contribution < -0.4 is 5.73 Å². The highest BCUT2D eigenvalue weighted by atomic mass is 16.4. The van der Waals surface area contributed by atoms with E-state index in [4.69, 9.17) is 10.9 Å². The van der Waals surface area contributed by atoms with Crippen LogP contribution in [0.15, 0.2) is 5.16 Å². The van der Waals surface area contributed by atoms with Crippen molar-refractivity contribution in [2.45, 2.75) is 26.7 Å². The van der Waals surface area contributed by atoms with Gasteiger partial charge in [-0.3, -0.25) is 0 Å². The van der Waals surface area contributed by atoms with Gasteiger partial charge in [0.05, 0.1) is 0 Å². The number of oxime groups is 1. The monoisotopic (exact) mass is 187 g/mol. The molecular weight excluding hydrogens is 166 g/mol. The lowest BCUT2D eigenvalue weighted by atomic mass is 9.86. The summed E-state index contributed by atoms with van der Waals surface area (Å²) >= 11 is 0. The second kappa shape index (κ2) is 5.07. The Balaban J connectivity index is 3.90. The third-order valence-electron chi connectivity index (χ3n) is 2.21. The summed E-state index contributed by atoms with van der Waals surface area (Å²) in [5.41, 5.74) is 5.35. The van der Waals surface area contributed by atoms with Crippen LogP contribution in [-0.2, 0) is 0 Å². The Morgan fingerprint density at radius 1 is 1.46 bits per heavy atom. The third-order valence-corrected chi connectivity index (χ3v) is 2.21. The first-order valence-electron chi connectivity index (χ1n) is 4.53. The van der Waals surface area contributed by atoms with Crippen molar-refractivity contribution < 1.29 is 5.21 Å². The molecule has 0 bridgehead atoms. The summed E-state index contributed by atoms with van der Waals surface area (Å²) in [5, 5.41) is 11.6. The van der Waals surface area contributed by atoms with Crippen molar-refractivity contribution in [1.29, 1.82) is 0 Å². The van der Waals surface area contributed by atoms with Gasteiger partial charge in [0.1, 0.15) is 5.84 Å². The van der Waals surface area contributed by atoms with Crippen molar-refractivity contribution in [2.75, 3.05) is 20.6 Å². The Kier molecular flexibility index (Phi) is 4.77. The molecule has 0 atom stereocenters. The van der Waals surface area contributed by atoms with Crippen LogP contribution in [0, 0.1) is 5.41 Å². The van der Waals surface area contributed by atoms with Gasteiger partial charge in [-0.25, -0.2) is 0 Å².